The predicted molar refractivity (Wildman–Crippen MR) is 416 cm³/mol. The number of nitrogens with one attached hydrogen (secondary N) is 7. The highest BCUT2D eigenvalue weighted by Gasteiger charge is 2.16. The van der Waals surface area contributed by atoms with Crippen LogP contribution in [0.5, 0.6) is 0 Å². The average Bonchev–Trinajstić information content (AvgIpc) is 2.83. The molecule has 0 saturated heterocycles. The summed E-state index contributed by atoms with van der Waals surface area (Å²) in [5.74, 6) is 13.1. The summed E-state index contributed by atoms with van der Waals surface area (Å²) in [6, 6.07) is 0. The van der Waals surface area contributed by atoms with Crippen LogP contribution >= 0.6 is 129 Å². The molecule has 0 aromatic carbocycles. The molecule has 6 rings (SSSR count). The number of anilines is 7. The molecule has 0 fully saturated rings. The van der Waals surface area contributed by atoms with Crippen LogP contribution in [0.15, 0.2) is 56.7 Å². The molecule has 0 aliphatic carbocycles. The minimum Gasteiger partial charge on any atom is -0.357 e. The molecule has 25 nitrogen and oxygen atoms in total. The maximum Gasteiger partial charge on any atom is 0.228 e. The van der Waals surface area contributed by atoms with Crippen molar-refractivity contribution in [3.63, 3.8) is 0 Å². The number of hydrogen-bond donors (Lipinski definition) is 7. The van der Waals surface area contributed by atoms with E-state index in [2.05, 4.69) is 104 Å². The van der Waals surface area contributed by atoms with Crippen molar-refractivity contribution in [2.45, 2.75) is 214 Å². The molecule has 0 amide bonds. The molecule has 0 spiro atoms. The molecule has 6 heterocycles. The molecule has 0 saturated carbocycles. The van der Waals surface area contributed by atoms with Gasteiger partial charge in [-0.1, -0.05) is 248 Å². The molecule has 0 atom stereocenters. The van der Waals surface area contributed by atoms with E-state index in [1.165, 1.54) is 38.5 Å². The van der Waals surface area contributed by atoms with E-state index in [9.17, 15) is 0 Å². The predicted octanol–water partition coefficient (Wildman–Crippen LogP) is 15.6. The number of nitrogens with zero attached hydrogens (tertiary/aromatic N) is 18. The van der Waals surface area contributed by atoms with E-state index in [1.54, 1.807) is 129 Å². The highest BCUT2D eigenvalue weighted by molar-refractivity contribution is 8.01. The monoisotopic (exact) mass is 1520 g/mol. The molecule has 96 heavy (non-hydrogen) atoms. The Morgan fingerprint density at radius 2 is 0.344 bits per heavy atom. The van der Waals surface area contributed by atoms with E-state index in [0.29, 0.717) is 133 Å². The van der Waals surface area contributed by atoms with Gasteiger partial charge < -0.3 is 37.2 Å². The molecule has 0 aliphatic heterocycles. The Kier molecular flexibility index (Phi) is 43.8. The first-order chi connectivity index (χ1) is 47.2. The molecule has 0 unspecified atom stereocenters. The zero-order valence-electron chi connectivity index (χ0n) is 57.1. The van der Waals surface area contributed by atoms with E-state index in [4.69, 9.17) is 64.8 Å². The number of thioether (sulfide) groups is 11. The quantitative estimate of drug-likeness (QED) is 0.0138. The molecule has 36 heteroatoms. The van der Waals surface area contributed by atoms with Gasteiger partial charge >= 0.3 is 0 Å². The van der Waals surface area contributed by atoms with Crippen molar-refractivity contribution in [3.05, 3.63) is 0 Å². The van der Waals surface area contributed by atoms with Crippen LogP contribution in [0.1, 0.15) is 157 Å². The normalized spacial score (nSPS) is 11.3. The number of rotatable bonds is 57. The summed E-state index contributed by atoms with van der Waals surface area (Å²) in [5.41, 5.74) is 0. The lowest BCUT2D eigenvalue weighted by molar-refractivity contribution is 0.769. The summed E-state index contributed by atoms with van der Waals surface area (Å²) in [4.78, 5) is 85.9. The van der Waals surface area contributed by atoms with Gasteiger partial charge in [-0.25, -0.2) is 0 Å². The summed E-state index contributed by atoms with van der Waals surface area (Å²) in [6.45, 7) is 16.3. The van der Waals surface area contributed by atoms with Crippen LogP contribution in [-0.4, -0.2) is 200 Å². The Morgan fingerprint density at radius 3 is 0.531 bits per heavy atom. The Hall–Kier alpha value is -3.49. The third-order valence-electron chi connectivity index (χ3n) is 13.0. The maximum absolute atomic E-state index is 4.90. The molecule has 0 aliphatic rings. The van der Waals surface area contributed by atoms with Gasteiger partial charge in [0.1, 0.15) is 0 Å². The summed E-state index contributed by atoms with van der Waals surface area (Å²) in [7, 11) is 3.66. The first-order valence-electron chi connectivity index (χ1n) is 33.7. The van der Waals surface area contributed by atoms with Crippen LogP contribution < -0.4 is 37.2 Å². The highest BCUT2D eigenvalue weighted by Crippen LogP contribution is 2.28. The van der Waals surface area contributed by atoms with Crippen LogP contribution in [0.3, 0.4) is 0 Å². The van der Waals surface area contributed by atoms with Crippen LogP contribution in [0.25, 0.3) is 0 Å². The molecule has 0 radical (unpaired) electrons. The van der Waals surface area contributed by atoms with E-state index in [0.717, 1.165) is 138 Å². The average molecular weight is 1520 g/mol. The van der Waals surface area contributed by atoms with E-state index >= 15 is 0 Å². The number of hydrogen-bond acceptors (Lipinski definition) is 36. The Labute approximate surface area is 616 Å². The Balaban J connectivity index is 1.03. The van der Waals surface area contributed by atoms with Gasteiger partial charge in [0.15, 0.2) is 56.7 Å². The lowest BCUT2D eigenvalue weighted by Crippen LogP contribution is -2.13. The minimum atomic E-state index is 0.544. The first kappa shape index (κ1) is 81.5. The standard InChI is InChI=1S/C60H99N25S11/c1-9-15-21-32-86-50-69-43(61-7)68-45(72-50)63-27-38-93-57-77-47(74-53(82-57)88-34-23-17-11-3)65-29-40-95-59-79-49(76-55(84-59)90-36-25-19-13-5)67-31-42-96-60-80-48(75-56(85-60)91-37-26-20-14-6)66-30-41-94-58-78-46(73-54(83-58)89-35-24-18-12-4)64-28-39-92-52-71-44(62-8)70-51(81-52)87-33-22-16-10-2/h9-42H2,1-8H3,(H,62,70,71,81)(H,64,73,78,83)(H,65,74,77,82)(H,66,75,80,85)(H,67,76,79,84)(H2,61,63,68,69,72). The molecular formula is C60H99N25S11. The first-order valence-corrected chi connectivity index (χ1v) is 44.6. The third kappa shape index (κ3) is 35.2. The Bertz CT molecular complexity index is 2880. The van der Waals surface area contributed by atoms with E-state index in [-0.39, 0.29) is 0 Å². The van der Waals surface area contributed by atoms with Crippen LogP contribution in [0, 0.1) is 0 Å². The zero-order valence-corrected chi connectivity index (χ0v) is 66.1. The van der Waals surface area contributed by atoms with Gasteiger partial charge in [0.2, 0.25) is 41.6 Å². The fourth-order valence-electron chi connectivity index (χ4n) is 7.99. The van der Waals surface area contributed by atoms with Gasteiger partial charge in [-0.15, -0.1) is 0 Å². The topological polar surface area (TPSA) is 316 Å². The van der Waals surface area contributed by atoms with Crippen molar-refractivity contribution < 1.29 is 0 Å². The van der Waals surface area contributed by atoms with Gasteiger partial charge in [0.05, 0.1) is 0 Å². The summed E-state index contributed by atoms with van der Waals surface area (Å²) in [6.07, 6.45) is 20.7. The molecule has 6 aromatic rings. The minimum absolute atomic E-state index is 0.544. The van der Waals surface area contributed by atoms with E-state index < -0.39 is 0 Å². The van der Waals surface area contributed by atoms with Crippen molar-refractivity contribution in [3.8, 4) is 0 Å². The Morgan fingerprint density at radius 1 is 0.188 bits per heavy atom. The molecule has 0 bridgehead atoms. The second kappa shape index (κ2) is 51.6. The van der Waals surface area contributed by atoms with Gasteiger partial charge in [-0.2, -0.15) is 89.7 Å². The lowest BCUT2D eigenvalue weighted by Gasteiger charge is -2.11. The van der Waals surface area contributed by atoms with Crippen molar-refractivity contribution in [2.75, 3.05) is 147 Å². The number of unbranched alkanes of at least 4 members (excludes halogenated alkanes) is 12. The zero-order chi connectivity index (χ0) is 67.9. The third-order valence-corrected chi connectivity index (χ3v) is 22.8. The largest absolute Gasteiger partial charge is 0.357 e. The van der Waals surface area contributed by atoms with Crippen molar-refractivity contribution in [1.29, 1.82) is 0 Å². The van der Waals surface area contributed by atoms with E-state index in [1.807, 2.05) is 14.1 Å². The fourth-order valence-corrected chi connectivity index (χ4v) is 16.7. The lowest BCUT2D eigenvalue weighted by atomic mass is 10.3. The molecule has 530 valence electrons. The molecular weight excluding hydrogens is 1420 g/mol. The fraction of sp³-hybridized carbons (Fsp3) is 0.700. The maximum atomic E-state index is 4.90. The van der Waals surface area contributed by atoms with Crippen LogP contribution in [0.4, 0.5) is 41.6 Å². The smallest absolute Gasteiger partial charge is 0.228 e. The van der Waals surface area contributed by atoms with Gasteiger partial charge in [-0.3, -0.25) is 0 Å². The van der Waals surface area contributed by atoms with Crippen molar-refractivity contribution in [1.82, 2.24) is 89.7 Å². The van der Waals surface area contributed by atoms with Gasteiger partial charge in [0.25, 0.3) is 0 Å². The summed E-state index contributed by atoms with van der Waals surface area (Å²) >= 11 is 17.9. The second-order valence-corrected chi connectivity index (χ2v) is 32.8. The van der Waals surface area contributed by atoms with Crippen molar-refractivity contribution in [2.24, 2.45) is 0 Å². The van der Waals surface area contributed by atoms with Crippen molar-refractivity contribution >= 4 is 171 Å². The second-order valence-electron chi connectivity index (χ2n) is 21.1. The van der Waals surface area contributed by atoms with Gasteiger partial charge in [-0.05, 0) is 38.5 Å². The highest BCUT2D eigenvalue weighted by atomic mass is 32.2. The van der Waals surface area contributed by atoms with Crippen LogP contribution in [0.2, 0.25) is 0 Å². The SMILES string of the molecule is CCCCCSc1nc(NC)nc(NCCSc2nc(NCCSc3nc(NCCSc4nc(NCCSc5nc(NCCSc6nc(NC)nc(SCCCCC)n6)nc(SCCCCC)n5)nc(SCCCCC)n4)nc(SCCCCC)n3)nc(SCCCCC)n2)n1. The summed E-state index contributed by atoms with van der Waals surface area (Å²) < 4.78 is 0. The molecule has 7 N–H and O–H groups in total. The van der Waals surface area contributed by atoms with Crippen LogP contribution in [-0.2, 0) is 0 Å². The number of aromatic nitrogens is 18. The molecule has 6 aromatic heterocycles. The van der Waals surface area contributed by atoms with Gasteiger partial charge in [0, 0.05) is 110 Å². The summed E-state index contributed by atoms with van der Waals surface area (Å²) in [5, 5.41) is 31.1.